The first-order chi connectivity index (χ1) is 16.9. The molecule has 0 N–H and O–H groups in total. The van der Waals surface area contributed by atoms with Crippen molar-refractivity contribution in [3.63, 3.8) is 0 Å². The molecule has 4 heteroatoms. The zero-order valence-electron chi connectivity index (χ0n) is 20.6. The average Bonchev–Trinajstić information content (AvgIpc) is 2.83. The lowest BCUT2D eigenvalue weighted by atomic mass is 9.63. The maximum absolute atomic E-state index is 15.2. The Labute approximate surface area is 207 Å². The van der Waals surface area contributed by atoms with E-state index >= 15 is 8.78 Å². The van der Waals surface area contributed by atoms with Gasteiger partial charge in [-0.25, -0.2) is 17.6 Å². The first kappa shape index (κ1) is 25.7. The minimum absolute atomic E-state index is 0.0553. The molecule has 2 saturated carbocycles. The fourth-order valence-corrected chi connectivity index (χ4v) is 6.39. The summed E-state index contributed by atoms with van der Waals surface area (Å²) >= 11 is 0. The van der Waals surface area contributed by atoms with E-state index < -0.39 is 23.3 Å². The lowest BCUT2D eigenvalue weighted by Crippen LogP contribution is -2.30. The molecule has 2 aliphatic rings. The second-order valence-corrected chi connectivity index (χ2v) is 10.5. The summed E-state index contributed by atoms with van der Waals surface area (Å²) in [5.41, 5.74) is 0.154. The quantitative estimate of drug-likeness (QED) is 0.258. The molecule has 0 amide bonds. The second kappa shape index (κ2) is 11.6. The number of rotatable bonds is 8. The van der Waals surface area contributed by atoms with E-state index in [1.807, 2.05) is 25.2 Å². The molecule has 0 spiro atoms. The molecule has 0 bridgehead atoms. The van der Waals surface area contributed by atoms with Gasteiger partial charge < -0.3 is 0 Å². The number of halogens is 4. The van der Waals surface area contributed by atoms with Crippen LogP contribution in [0.15, 0.2) is 49.1 Å². The summed E-state index contributed by atoms with van der Waals surface area (Å²) in [5.74, 6) is -0.828. The molecule has 0 aliphatic heterocycles. The van der Waals surface area contributed by atoms with Gasteiger partial charge in [-0.1, -0.05) is 24.6 Å². The Kier molecular flexibility index (Phi) is 8.51. The van der Waals surface area contributed by atoms with Crippen LogP contribution in [0.25, 0.3) is 11.1 Å². The van der Waals surface area contributed by atoms with Crippen molar-refractivity contribution in [2.45, 2.75) is 77.0 Å². The normalized spacial score (nSPS) is 24.5. The Hall–Kier alpha value is -2.36. The van der Waals surface area contributed by atoms with Gasteiger partial charge in [-0.15, -0.1) is 6.58 Å². The average molecular weight is 485 g/mol. The predicted octanol–water partition coefficient (Wildman–Crippen LogP) is 9.68. The largest absolute Gasteiger partial charge is 0.207 e. The maximum atomic E-state index is 15.2. The standard InChI is InChI=1S/C31H36F4/c1-3-5-7-9-26-27(32)18-25(19-28(26)33)31-29(34)16-24(17-30(31)35)23-13-12-21-14-20(8-6-4-2)10-11-22(21)15-23/h3-5,16-23H,2,6-15H2,1H3/b5-3+. The summed E-state index contributed by atoms with van der Waals surface area (Å²) in [5, 5.41) is 0. The number of allylic oxidation sites excluding steroid dienone is 3. The van der Waals surface area contributed by atoms with Crippen LogP contribution in [0.5, 0.6) is 0 Å². The van der Waals surface area contributed by atoms with Gasteiger partial charge in [0.1, 0.15) is 23.3 Å². The van der Waals surface area contributed by atoms with Crippen molar-refractivity contribution >= 4 is 0 Å². The molecular weight excluding hydrogens is 448 g/mol. The molecule has 2 aliphatic carbocycles. The van der Waals surface area contributed by atoms with E-state index in [1.165, 1.54) is 37.8 Å². The van der Waals surface area contributed by atoms with Crippen LogP contribution in [0.1, 0.15) is 81.8 Å². The summed E-state index contributed by atoms with van der Waals surface area (Å²) in [6.45, 7) is 5.68. The molecule has 0 aromatic heterocycles. The van der Waals surface area contributed by atoms with E-state index in [9.17, 15) is 8.78 Å². The van der Waals surface area contributed by atoms with Gasteiger partial charge in [0.25, 0.3) is 0 Å². The molecule has 4 atom stereocenters. The molecule has 4 unspecified atom stereocenters. The van der Waals surface area contributed by atoms with Crippen LogP contribution < -0.4 is 0 Å². The highest BCUT2D eigenvalue weighted by Gasteiger charge is 2.36. The highest BCUT2D eigenvalue weighted by atomic mass is 19.1. The van der Waals surface area contributed by atoms with Gasteiger partial charge >= 0.3 is 0 Å². The molecule has 0 radical (unpaired) electrons. The molecule has 2 aromatic carbocycles. The maximum Gasteiger partial charge on any atom is 0.134 e. The highest BCUT2D eigenvalue weighted by molar-refractivity contribution is 5.66. The van der Waals surface area contributed by atoms with Crippen molar-refractivity contribution in [2.75, 3.05) is 0 Å². The first-order valence-corrected chi connectivity index (χ1v) is 13.1. The Morgan fingerprint density at radius 3 is 2.14 bits per heavy atom. The van der Waals surface area contributed by atoms with Crippen molar-refractivity contribution in [3.05, 3.63) is 83.5 Å². The van der Waals surface area contributed by atoms with Crippen molar-refractivity contribution in [3.8, 4) is 11.1 Å². The van der Waals surface area contributed by atoms with E-state index in [-0.39, 0.29) is 29.0 Å². The fourth-order valence-electron chi connectivity index (χ4n) is 6.39. The van der Waals surface area contributed by atoms with Crippen LogP contribution in [-0.4, -0.2) is 0 Å². The third kappa shape index (κ3) is 5.90. The zero-order chi connectivity index (χ0) is 24.9. The van der Waals surface area contributed by atoms with Crippen molar-refractivity contribution in [1.82, 2.24) is 0 Å². The van der Waals surface area contributed by atoms with Crippen LogP contribution in [-0.2, 0) is 6.42 Å². The van der Waals surface area contributed by atoms with Gasteiger partial charge in [-0.05, 0) is 124 Å². The fraction of sp³-hybridized carbons (Fsp3) is 0.484. The minimum Gasteiger partial charge on any atom is -0.207 e. The van der Waals surface area contributed by atoms with Crippen LogP contribution in [0.4, 0.5) is 17.6 Å². The summed E-state index contributed by atoms with van der Waals surface area (Å²) in [7, 11) is 0. The van der Waals surface area contributed by atoms with Gasteiger partial charge in [-0.2, -0.15) is 0 Å². The number of hydrogen-bond acceptors (Lipinski definition) is 0. The molecule has 188 valence electrons. The van der Waals surface area contributed by atoms with Crippen LogP contribution >= 0.6 is 0 Å². The van der Waals surface area contributed by atoms with Crippen LogP contribution in [0.3, 0.4) is 0 Å². The topological polar surface area (TPSA) is 0 Å². The number of benzene rings is 2. The zero-order valence-corrected chi connectivity index (χ0v) is 20.6. The molecular formula is C31H36F4. The summed E-state index contributed by atoms with van der Waals surface area (Å²) in [4.78, 5) is 0. The SMILES string of the molecule is C=CCCC1CCC2CC(c3cc(F)c(-c4cc(F)c(CC/C=C/C)c(F)c4)c(F)c3)CCC2C1. The lowest BCUT2D eigenvalue weighted by Gasteiger charge is -2.42. The van der Waals surface area contributed by atoms with Gasteiger partial charge in [0.05, 0.1) is 5.56 Å². The van der Waals surface area contributed by atoms with Crippen molar-refractivity contribution < 1.29 is 17.6 Å². The summed E-state index contributed by atoms with van der Waals surface area (Å²) in [6.07, 6.45) is 15.3. The van der Waals surface area contributed by atoms with E-state index in [4.69, 9.17) is 0 Å². The first-order valence-electron chi connectivity index (χ1n) is 13.1. The summed E-state index contributed by atoms with van der Waals surface area (Å²) < 4.78 is 59.5. The van der Waals surface area contributed by atoms with E-state index in [2.05, 4.69) is 6.58 Å². The van der Waals surface area contributed by atoms with E-state index in [0.29, 0.717) is 23.8 Å². The Bertz CT molecular complexity index is 1020. The van der Waals surface area contributed by atoms with E-state index in [1.54, 1.807) is 0 Å². The highest BCUT2D eigenvalue weighted by Crippen LogP contribution is 2.48. The molecule has 2 aromatic rings. The minimum atomic E-state index is -0.769. The molecule has 0 nitrogen and oxygen atoms in total. The van der Waals surface area contributed by atoms with Crippen LogP contribution in [0.2, 0.25) is 0 Å². The Balaban J connectivity index is 1.50. The number of hydrogen-bond donors (Lipinski definition) is 0. The molecule has 35 heavy (non-hydrogen) atoms. The third-order valence-corrected chi connectivity index (χ3v) is 8.26. The molecule has 2 fully saturated rings. The van der Waals surface area contributed by atoms with Crippen molar-refractivity contribution in [2.24, 2.45) is 17.8 Å². The smallest absolute Gasteiger partial charge is 0.134 e. The van der Waals surface area contributed by atoms with Crippen LogP contribution in [0, 0.1) is 41.0 Å². The van der Waals surface area contributed by atoms with Gasteiger partial charge in [0, 0.05) is 5.56 Å². The van der Waals surface area contributed by atoms with Crippen molar-refractivity contribution in [1.29, 1.82) is 0 Å². The van der Waals surface area contributed by atoms with Gasteiger partial charge in [0.2, 0.25) is 0 Å². The molecule has 0 heterocycles. The Morgan fingerprint density at radius 1 is 0.829 bits per heavy atom. The number of fused-ring (bicyclic) bond motifs is 1. The monoisotopic (exact) mass is 484 g/mol. The second-order valence-electron chi connectivity index (χ2n) is 10.5. The van der Waals surface area contributed by atoms with Gasteiger partial charge in [-0.3, -0.25) is 0 Å². The summed E-state index contributed by atoms with van der Waals surface area (Å²) in [6, 6.07) is 4.86. The predicted molar refractivity (Wildman–Crippen MR) is 135 cm³/mol. The van der Waals surface area contributed by atoms with E-state index in [0.717, 1.165) is 43.7 Å². The third-order valence-electron chi connectivity index (χ3n) is 8.26. The molecule has 0 saturated heterocycles. The Morgan fingerprint density at radius 2 is 1.49 bits per heavy atom. The lowest BCUT2D eigenvalue weighted by molar-refractivity contribution is 0.115. The van der Waals surface area contributed by atoms with Gasteiger partial charge in [0.15, 0.2) is 0 Å². The molecule has 4 rings (SSSR count).